The summed E-state index contributed by atoms with van der Waals surface area (Å²) in [6, 6.07) is 7.10. The highest BCUT2D eigenvalue weighted by Crippen LogP contribution is 2.32. The Morgan fingerprint density at radius 2 is 2.35 bits per heavy atom. The van der Waals surface area contributed by atoms with Crippen LogP contribution in [0, 0.1) is 6.92 Å². The Kier molecular flexibility index (Phi) is 3.06. The molecule has 6 heteroatoms. The van der Waals surface area contributed by atoms with Gasteiger partial charge in [-0.15, -0.1) is 0 Å². The molecular formula is C14H13NO5. The molecule has 1 unspecified atom stereocenters. The first-order valence-electron chi connectivity index (χ1n) is 6.19. The summed E-state index contributed by atoms with van der Waals surface area (Å²) in [4.78, 5) is 10.9. The highest BCUT2D eigenvalue weighted by Gasteiger charge is 2.28. The molecule has 1 aliphatic rings. The van der Waals surface area contributed by atoms with E-state index in [9.17, 15) is 4.79 Å². The fourth-order valence-corrected chi connectivity index (χ4v) is 2.07. The van der Waals surface area contributed by atoms with Crippen molar-refractivity contribution in [3.05, 3.63) is 41.3 Å². The lowest BCUT2D eigenvalue weighted by atomic mass is 10.1. The van der Waals surface area contributed by atoms with Crippen molar-refractivity contribution >= 4 is 5.97 Å². The number of fused-ring (bicyclic) bond motifs is 1. The van der Waals surface area contributed by atoms with Crippen LogP contribution in [0.15, 0.2) is 28.8 Å². The Balaban J connectivity index is 1.68. The van der Waals surface area contributed by atoms with Gasteiger partial charge in [0.2, 0.25) is 0 Å². The average Bonchev–Trinajstić information content (AvgIpc) is 3.01. The maximum atomic E-state index is 10.9. The van der Waals surface area contributed by atoms with Gasteiger partial charge in [-0.25, -0.2) is 4.79 Å². The lowest BCUT2D eigenvalue weighted by Gasteiger charge is -2.06. The van der Waals surface area contributed by atoms with E-state index in [1.165, 1.54) is 0 Å². The van der Waals surface area contributed by atoms with E-state index < -0.39 is 12.1 Å². The quantitative estimate of drug-likeness (QED) is 0.918. The van der Waals surface area contributed by atoms with E-state index in [0.717, 1.165) is 11.3 Å². The van der Waals surface area contributed by atoms with Gasteiger partial charge < -0.3 is 19.1 Å². The van der Waals surface area contributed by atoms with E-state index in [4.69, 9.17) is 19.1 Å². The molecule has 0 fully saturated rings. The van der Waals surface area contributed by atoms with Crippen molar-refractivity contribution in [1.29, 1.82) is 0 Å². The van der Waals surface area contributed by atoms with Crippen LogP contribution in [0.1, 0.15) is 17.0 Å². The van der Waals surface area contributed by atoms with Gasteiger partial charge >= 0.3 is 5.97 Å². The van der Waals surface area contributed by atoms with Crippen LogP contribution in [0.4, 0.5) is 0 Å². The Labute approximate surface area is 114 Å². The molecule has 6 nitrogen and oxygen atoms in total. The molecule has 20 heavy (non-hydrogen) atoms. The molecule has 1 aromatic carbocycles. The topological polar surface area (TPSA) is 81.8 Å². The molecule has 0 amide bonds. The molecule has 0 saturated heterocycles. The van der Waals surface area contributed by atoms with E-state index in [0.29, 0.717) is 23.7 Å². The van der Waals surface area contributed by atoms with E-state index in [-0.39, 0.29) is 6.61 Å². The summed E-state index contributed by atoms with van der Waals surface area (Å²) in [6.45, 7) is 2.10. The molecule has 0 saturated carbocycles. The lowest BCUT2D eigenvalue weighted by Crippen LogP contribution is -2.24. The van der Waals surface area contributed by atoms with Crippen LogP contribution in [0.2, 0.25) is 0 Å². The number of aliphatic carboxylic acids is 1. The number of carboxylic acids is 1. The molecular weight excluding hydrogens is 262 g/mol. The minimum atomic E-state index is -0.958. The van der Waals surface area contributed by atoms with Crippen molar-refractivity contribution in [1.82, 2.24) is 5.16 Å². The summed E-state index contributed by atoms with van der Waals surface area (Å²) in [6.07, 6.45) is -0.427. The molecule has 2 aromatic rings. The number of nitrogens with zero attached hydrogens (tertiary/aromatic N) is 1. The third-order valence-electron chi connectivity index (χ3n) is 3.05. The van der Waals surface area contributed by atoms with Gasteiger partial charge in [0, 0.05) is 18.6 Å². The minimum Gasteiger partial charge on any atom is -0.485 e. The average molecular weight is 275 g/mol. The SMILES string of the molecule is Cc1cc(COc2ccc3c(c2)OC(C(=O)O)C3)on1. The molecule has 1 N–H and O–H groups in total. The Bertz CT molecular complexity index is 649. The lowest BCUT2D eigenvalue weighted by molar-refractivity contribution is -0.144. The number of aromatic nitrogens is 1. The molecule has 104 valence electrons. The molecule has 0 radical (unpaired) electrons. The second-order valence-corrected chi connectivity index (χ2v) is 4.64. The van der Waals surface area contributed by atoms with Crippen LogP contribution >= 0.6 is 0 Å². The van der Waals surface area contributed by atoms with E-state index in [2.05, 4.69) is 5.16 Å². The van der Waals surface area contributed by atoms with E-state index >= 15 is 0 Å². The number of carboxylic acid groups (broad SMARTS) is 1. The van der Waals surface area contributed by atoms with Gasteiger partial charge in [-0.2, -0.15) is 0 Å². The van der Waals surface area contributed by atoms with Crippen LogP contribution in [0.5, 0.6) is 11.5 Å². The second kappa shape index (κ2) is 4.88. The molecule has 0 bridgehead atoms. The zero-order chi connectivity index (χ0) is 14.1. The summed E-state index contributed by atoms with van der Waals surface area (Å²) < 4.78 is 16.0. The van der Waals surface area contributed by atoms with E-state index in [1.807, 2.05) is 13.0 Å². The first-order chi connectivity index (χ1) is 9.61. The fourth-order valence-electron chi connectivity index (χ4n) is 2.07. The Morgan fingerprint density at radius 1 is 1.50 bits per heavy atom. The first-order valence-corrected chi connectivity index (χ1v) is 6.19. The molecule has 0 spiro atoms. The van der Waals surface area contributed by atoms with Gasteiger partial charge in [0.05, 0.1) is 5.69 Å². The monoisotopic (exact) mass is 275 g/mol. The van der Waals surface area contributed by atoms with Crippen LogP contribution in [-0.4, -0.2) is 22.3 Å². The second-order valence-electron chi connectivity index (χ2n) is 4.64. The fraction of sp³-hybridized carbons (Fsp3) is 0.286. The zero-order valence-electron chi connectivity index (χ0n) is 10.8. The third kappa shape index (κ3) is 2.45. The number of aryl methyl sites for hydroxylation is 1. The smallest absolute Gasteiger partial charge is 0.345 e. The molecule has 1 atom stereocenters. The first kappa shape index (κ1) is 12.5. The number of ether oxygens (including phenoxy) is 2. The summed E-state index contributed by atoms with van der Waals surface area (Å²) >= 11 is 0. The van der Waals surface area contributed by atoms with Crippen molar-refractivity contribution in [2.75, 3.05) is 0 Å². The van der Waals surface area contributed by atoms with Crippen LogP contribution in [-0.2, 0) is 17.8 Å². The molecule has 2 heterocycles. The van der Waals surface area contributed by atoms with Crippen molar-refractivity contribution in [3.63, 3.8) is 0 Å². The minimum absolute atomic E-state index is 0.266. The largest absolute Gasteiger partial charge is 0.485 e. The third-order valence-corrected chi connectivity index (χ3v) is 3.05. The summed E-state index contributed by atoms with van der Waals surface area (Å²) in [5, 5.41) is 12.7. The maximum absolute atomic E-state index is 10.9. The Hall–Kier alpha value is -2.50. The van der Waals surface area contributed by atoms with Crippen LogP contribution in [0.3, 0.4) is 0 Å². The van der Waals surface area contributed by atoms with E-state index in [1.54, 1.807) is 18.2 Å². The number of carbonyl (C=O) groups is 1. The number of rotatable bonds is 4. The van der Waals surface area contributed by atoms with Crippen molar-refractivity contribution in [3.8, 4) is 11.5 Å². The van der Waals surface area contributed by atoms with Gasteiger partial charge in [0.25, 0.3) is 0 Å². The number of hydrogen-bond donors (Lipinski definition) is 1. The standard InChI is InChI=1S/C14H13NO5/c1-8-4-11(20-15-8)7-18-10-3-2-9-5-13(14(16)17)19-12(9)6-10/h2-4,6,13H,5,7H2,1H3,(H,16,17). The molecule has 1 aliphatic heterocycles. The maximum Gasteiger partial charge on any atom is 0.345 e. The number of benzene rings is 1. The highest BCUT2D eigenvalue weighted by molar-refractivity contribution is 5.74. The summed E-state index contributed by atoms with van der Waals surface area (Å²) in [5.74, 6) is 0.834. The zero-order valence-corrected chi connectivity index (χ0v) is 10.8. The Morgan fingerprint density at radius 3 is 3.05 bits per heavy atom. The van der Waals surface area contributed by atoms with Crippen molar-refractivity contribution in [2.24, 2.45) is 0 Å². The van der Waals surface area contributed by atoms with Gasteiger partial charge in [-0.1, -0.05) is 11.2 Å². The van der Waals surface area contributed by atoms with Gasteiger partial charge in [-0.05, 0) is 18.6 Å². The predicted molar refractivity (Wildman–Crippen MR) is 67.8 cm³/mol. The number of hydrogen-bond acceptors (Lipinski definition) is 5. The van der Waals surface area contributed by atoms with Crippen molar-refractivity contribution in [2.45, 2.75) is 26.1 Å². The molecule has 3 rings (SSSR count). The molecule has 0 aliphatic carbocycles. The molecule has 1 aromatic heterocycles. The summed E-state index contributed by atoms with van der Waals surface area (Å²) in [5.41, 5.74) is 1.67. The predicted octanol–water partition coefficient (Wildman–Crippen LogP) is 1.95. The van der Waals surface area contributed by atoms with Gasteiger partial charge in [0.15, 0.2) is 11.9 Å². The normalized spacial score (nSPS) is 16.6. The summed E-state index contributed by atoms with van der Waals surface area (Å²) in [7, 11) is 0. The van der Waals surface area contributed by atoms with Gasteiger partial charge in [0.1, 0.15) is 18.1 Å². The van der Waals surface area contributed by atoms with Gasteiger partial charge in [-0.3, -0.25) is 0 Å². The highest BCUT2D eigenvalue weighted by atomic mass is 16.5. The van der Waals surface area contributed by atoms with Crippen LogP contribution in [0.25, 0.3) is 0 Å². The van der Waals surface area contributed by atoms with Crippen molar-refractivity contribution < 1.29 is 23.9 Å². The van der Waals surface area contributed by atoms with Crippen LogP contribution < -0.4 is 9.47 Å².